The Morgan fingerprint density at radius 3 is 2.30 bits per heavy atom. The molecule has 0 spiro atoms. The number of carbonyl (C=O) groups is 2. The van der Waals surface area contributed by atoms with Gasteiger partial charge in [-0.25, -0.2) is 0 Å². The lowest BCUT2D eigenvalue weighted by molar-refractivity contribution is -0.303. The van der Waals surface area contributed by atoms with E-state index in [0.29, 0.717) is 12.0 Å². The number of ether oxygens (including phenoxy) is 2. The van der Waals surface area contributed by atoms with Crippen molar-refractivity contribution < 1.29 is 32.2 Å². The molecule has 0 aromatic rings. The van der Waals surface area contributed by atoms with Crippen LogP contribution in [0.25, 0.3) is 0 Å². The summed E-state index contributed by atoms with van der Waals surface area (Å²) in [5.74, 6) is -1.02. The van der Waals surface area contributed by atoms with Crippen LogP contribution in [0.15, 0.2) is 59.4 Å². The Balaban J connectivity index is 0. The second kappa shape index (κ2) is 18.7. The molecule has 0 heterocycles. The number of hydrogen-bond donors (Lipinski definition) is 2. The molecular weight excluding hydrogens is 437 g/mol. The number of rotatable bonds is 8. The van der Waals surface area contributed by atoms with Crippen LogP contribution in [0.1, 0.15) is 41.0 Å². The third-order valence-electron chi connectivity index (χ3n) is 3.80. The van der Waals surface area contributed by atoms with Crippen LogP contribution in [0.5, 0.6) is 0 Å². The maximum absolute atomic E-state index is 12.5. The number of allylic oxidation sites excluding steroid dienone is 7. The third-order valence-corrected chi connectivity index (χ3v) is 3.80. The summed E-state index contributed by atoms with van der Waals surface area (Å²) in [7, 11) is 3.25. The molecule has 2 amide bonds. The van der Waals surface area contributed by atoms with Crippen LogP contribution in [-0.4, -0.2) is 45.5 Å². The first kappa shape index (κ1) is 32.4. The number of hydrogen-bond acceptors (Lipinski definition) is 4. The van der Waals surface area contributed by atoms with Crippen molar-refractivity contribution in [2.75, 3.05) is 27.3 Å². The molecule has 0 fully saturated rings. The Labute approximate surface area is 195 Å². The molecule has 188 valence electrons. The van der Waals surface area contributed by atoms with E-state index in [1.165, 1.54) is 19.1 Å². The first-order chi connectivity index (χ1) is 15.5. The zero-order chi connectivity index (χ0) is 25.9. The van der Waals surface area contributed by atoms with Crippen molar-refractivity contribution in [2.24, 2.45) is 5.92 Å². The molecule has 6 nitrogen and oxygen atoms in total. The monoisotopic (exact) mass is 474 g/mol. The van der Waals surface area contributed by atoms with Crippen LogP contribution in [0.3, 0.4) is 0 Å². The maximum atomic E-state index is 12.5. The summed E-state index contributed by atoms with van der Waals surface area (Å²) in [6.45, 7) is 9.18. The highest BCUT2D eigenvalue weighted by Gasteiger charge is 2.31. The zero-order valence-electron chi connectivity index (χ0n) is 20.5. The van der Waals surface area contributed by atoms with Gasteiger partial charge >= 0.3 is 6.36 Å². The summed E-state index contributed by atoms with van der Waals surface area (Å²) in [6.07, 6.45) is 7.34. The summed E-state index contributed by atoms with van der Waals surface area (Å²) >= 11 is 0. The second-order valence-electron chi connectivity index (χ2n) is 6.54. The molecule has 0 bridgehead atoms. The molecule has 1 aliphatic rings. The highest BCUT2D eigenvalue weighted by Crippen LogP contribution is 2.26. The molecule has 33 heavy (non-hydrogen) atoms. The Hall–Kier alpha value is -2.81. The highest BCUT2D eigenvalue weighted by atomic mass is 19.4. The largest absolute Gasteiger partial charge is 0.573 e. The van der Waals surface area contributed by atoms with E-state index in [2.05, 4.69) is 20.1 Å². The average molecular weight is 475 g/mol. The minimum atomic E-state index is -4.74. The van der Waals surface area contributed by atoms with E-state index in [-0.39, 0.29) is 36.6 Å². The predicted octanol–water partition coefficient (Wildman–Crippen LogP) is 4.97. The Bertz CT molecular complexity index is 736. The normalized spacial score (nSPS) is 14.4. The van der Waals surface area contributed by atoms with Gasteiger partial charge < -0.3 is 20.1 Å². The van der Waals surface area contributed by atoms with E-state index >= 15 is 0 Å². The molecule has 0 aromatic carbocycles. The van der Waals surface area contributed by atoms with Gasteiger partial charge in [-0.05, 0) is 42.6 Å². The molecule has 2 N–H and O–H groups in total. The lowest BCUT2D eigenvalue weighted by Gasteiger charge is -2.12. The van der Waals surface area contributed by atoms with E-state index in [4.69, 9.17) is 0 Å². The van der Waals surface area contributed by atoms with Crippen molar-refractivity contribution in [1.82, 2.24) is 10.6 Å². The van der Waals surface area contributed by atoms with Crippen LogP contribution < -0.4 is 10.6 Å². The van der Waals surface area contributed by atoms with Crippen molar-refractivity contribution in [3.63, 3.8) is 0 Å². The van der Waals surface area contributed by atoms with Gasteiger partial charge in [-0.1, -0.05) is 51.2 Å². The summed E-state index contributed by atoms with van der Waals surface area (Å²) in [4.78, 5) is 22.4. The van der Waals surface area contributed by atoms with E-state index in [1.54, 1.807) is 26.4 Å². The third kappa shape index (κ3) is 18.5. The molecule has 1 atom stereocenters. The SMILES string of the molecule is C/C=C(\C=C/C(C)C1=CCC=CC(OC(F)(F)F)=C1)CNC(=O)CNC(C)=O.CC.COC. The van der Waals surface area contributed by atoms with E-state index < -0.39 is 6.36 Å². The Morgan fingerprint density at radius 2 is 1.79 bits per heavy atom. The fourth-order valence-corrected chi connectivity index (χ4v) is 2.28. The zero-order valence-corrected chi connectivity index (χ0v) is 20.5. The highest BCUT2D eigenvalue weighted by molar-refractivity contribution is 5.83. The molecule has 0 saturated carbocycles. The molecule has 0 aliphatic heterocycles. The maximum Gasteiger partial charge on any atom is 0.573 e. The van der Waals surface area contributed by atoms with E-state index in [1.807, 2.05) is 45.9 Å². The van der Waals surface area contributed by atoms with Crippen molar-refractivity contribution in [2.45, 2.75) is 47.4 Å². The molecular formula is C24H37F3N2O4. The van der Waals surface area contributed by atoms with Crippen molar-refractivity contribution in [3.05, 3.63) is 59.4 Å². The molecule has 1 unspecified atom stereocenters. The van der Waals surface area contributed by atoms with Crippen molar-refractivity contribution in [1.29, 1.82) is 0 Å². The number of alkyl halides is 3. The van der Waals surface area contributed by atoms with Crippen LogP contribution >= 0.6 is 0 Å². The molecule has 0 radical (unpaired) electrons. The minimum absolute atomic E-state index is 0.0981. The summed E-state index contributed by atoms with van der Waals surface area (Å²) in [5.41, 5.74) is 1.52. The van der Waals surface area contributed by atoms with Gasteiger partial charge in [-0.2, -0.15) is 0 Å². The van der Waals surface area contributed by atoms with Gasteiger partial charge in [-0.15, -0.1) is 13.2 Å². The van der Waals surface area contributed by atoms with Gasteiger partial charge in [0.25, 0.3) is 0 Å². The quantitative estimate of drug-likeness (QED) is 0.487. The summed E-state index contributed by atoms with van der Waals surface area (Å²) in [6, 6.07) is 0. The van der Waals surface area contributed by atoms with Crippen LogP contribution in [0.2, 0.25) is 0 Å². The lowest BCUT2D eigenvalue weighted by atomic mass is 9.98. The standard InChI is InChI=1S/C20H25F3N2O3.C2H6O.C2H6/c1-4-16(12-25-19(27)13-24-15(3)26)10-9-14(2)17-7-5-6-8-18(11-17)28-20(21,22)23;1-3-2;1-2/h4,6-11,14H,5,12-13H2,1-3H3,(H,24,26)(H,25,27);1-2H3;1-2H3/b10-9-,16-4+;;. The van der Waals surface area contributed by atoms with Crippen LogP contribution in [-0.2, 0) is 19.1 Å². The first-order valence-corrected chi connectivity index (χ1v) is 10.6. The predicted molar refractivity (Wildman–Crippen MR) is 125 cm³/mol. The topological polar surface area (TPSA) is 76.7 Å². The molecule has 0 saturated heterocycles. The Kier molecular flexibility index (Phi) is 18.4. The van der Waals surface area contributed by atoms with E-state index in [9.17, 15) is 22.8 Å². The molecule has 1 aliphatic carbocycles. The summed E-state index contributed by atoms with van der Waals surface area (Å²) < 4.78 is 45.6. The van der Waals surface area contributed by atoms with Gasteiger partial charge in [0.15, 0.2) is 0 Å². The molecule has 1 rings (SSSR count). The average Bonchev–Trinajstić information content (AvgIpc) is 2.98. The Morgan fingerprint density at radius 1 is 1.18 bits per heavy atom. The van der Waals surface area contributed by atoms with Gasteiger partial charge in [0.1, 0.15) is 5.76 Å². The number of nitrogens with one attached hydrogen (secondary N) is 2. The number of amides is 2. The lowest BCUT2D eigenvalue weighted by Crippen LogP contribution is -2.36. The minimum Gasteiger partial charge on any atom is -0.406 e. The fourth-order valence-electron chi connectivity index (χ4n) is 2.28. The first-order valence-electron chi connectivity index (χ1n) is 10.6. The number of methoxy groups -OCH3 is 1. The number of carbonyl (C=O) groups excluding carboxylic acids is 2. The fraction of sp³-hybridized carbons (Fsp3) is 0.500. The van der Waals surface area contributed by atoms with Gasteiger partial charge in [-0.3, -0.25) is 9.59 Å². The molecule has 9 heteroatoms. The van der Waals surface area contributed by atoms with Gasteiger partial charge in [0.05, 0.1) is 6.54 Å². The van der Waals surface area contributed by atoms with Crippen LogP contribution in [0.4, 0.5) is 13.2 Å². The van der Waals surface area contributed by atoms with Gasteiger partial charge in [0.2, 0.25) is 11.8 Å². The van der Waals surface area contributed by atoms with Gasteiger partial charge in [0, 0.05) is 27.7 Å². The van der Waals surface area contributed by atoms with Crippen molar-refractivity contribution >= 4 is 11.8 Å². The molecule has 0 aromatic heterocycles. The number of halogens is 3. The van der Waals surface area contributed by atoms with Crippen molar-refractivity contribution in [3.8, 4) is 0 Å². The summed E-state index contributed by atoms with van der Waals surface area (Å²) in [5, 5.41) is 5.09. The smallest absolute Gasteiger partial charge is 0.406 e. The van der Waals surface area contributed by atoms with E-state index in [0.717, 1.165) is 5.57 Å². The second-order valence-corrected chi connectivity index (χ2v) is 6.54. The van der Waals surface area contributed by atoms with Crippen LogP contribution in [0, 0.1) is 5.92 Å².